The molecule has 0 bridgehead atoms. The third-order valence-electron chi connectivity index (χ3n) is 7.01. The summed E-state index contributed by atoms with van der Waals surface area (Å²) in [5, 5.41) is 3.01. The summed E-state index contributed by atoms with van der Waals surface area (Å²) in [6.07, 6.45) is 5.96. The van der Waals surface area contributed by atoms with Gasteiger partial charge in [-0.15, -0.1) is 0 Å². The van der Waals surface area contributed by atoms with E-state index in [2.05, 4.69) is 23.2 Å². The average molecular weight is 465 g/mol. The summed E-state index contributed by atoms with van der Waals surface area (Å²) < 4.78 is 11.6. The van der Waals surface area contributed by atoms with E-state index in [0.717, 1.165) is 17.4 Å². The van der Waals surface area contributed by atoms with Crippen LogP contribution in [0.25, 0.3) is 10.8 Å². The van der Waals surface area contributed by atoms with Gasteiger partial charge in [0.2, 0.25) is 5.91 Å². The number of halogens is 1. The van der Waals surface area contributed by atoms with Gasteiger partial charge in [0.1, 0.15) is 0 Å². The maximum atomic E-state index is 14.1. The van der Waals surface area contributed by atoms with Crippen LogP contribution in [0.2, 0.25) is 5.02 Å². The average Bonchev–Trinajstić information content (AvgIpc) is 3.10. The summed E-state index contributed by atoms with van der Waals surface area (Å²) in [6.45, 7) is 3.73. The molecular weight excluding hydrogens is 436 g/mol. The maximum absolute atomic E-state index is 14.1. The van der Waals surface area contributed by atoms with Gasteiger partial charge in [-0.25, -0.2) is 0 Å². The number of aromatic nitrogens is 1. The lowest BCUT2D eigenvalue weighted by Gasteiger charge is -2.40. The second-order valence-electron chi connectivity index (χ2n) is 9.15. The van der Waals surface area contributed by atoms with E-state index in [9.17, 15) is 4.79 Å². The highest BCUT2D eigenvalue weighted by Crippen LogP contribution is 2.38. The molecule has 2 aromatic carbocycles. The summed E-state index contributed by atoms with van der Waals surface area (Å²) in [7, 11) is 0. The predicted octanol–water partition coefficient (Wildman–Crippen LogP) is 4.65. The molecular formula is C27H29ClN2O3. The van der Waals surface area contributed by atoms with Crippen molar-refractivity contribution in [3.8, 4) is 0 Å². The zero-order valence-corrected chi connectivity index (χ0v) is 19.5. The Morgan fingerprint density at radius 3 is 2.67 bits per heavy atom. The monoisotopic (exact) mass is 464 g/mol. The minimum atomic E-state index is -0.562. The zero-order valence-electron chi connectivity index (χ0n) is 18.7. The van der Waals surface area contributed by atoms with Crippen molar-refractivity contribution in [1.29, 1.82) is 0 Å². The van der Waals surface area contributed by atoms with Crippen molar-refractivity contribution in [2.75, 3.05) is 39.5 Å². The molecule has 0 spiro atoms. The van der Waals surface area contributed by atoms with Crippen LogP contribution < -0.4 is 0 Å². The van der Waals surface area contributed by atoms with Gasteiger partial charge in [-0.3, -0.25) is 9.78 Å². The molecule has 3 heterocycles. The summed E-state index contributed by atoms with van der Waals surface area (Å²) in [5.41, 5.74) is 1.73. The molecule has 5 nitrogen and oxygen atoms in total. The first kappa shape index (κ1) is 22.3. The molecule has 0 N–H and O–H groups in total. The van der Waals surface area contributed by atoms with Crippen LogP contribution in [0.5, 0.6) is 0 Å². The van der Waals surface area contributed by atoms with Gasteiger partial charge >= 0.3 is 0 Å². The molecule has 6 heteroatoms. The van der Waals surface area contributed by atoms with Crippen molar-refractivity contribution >= 4 is 28.3 Å². The van der Waals surface area contributed by atoms with E-state index in [1.165, 1.54) is 10.9 Å². The lowest BCUT2D eigenvalue weighted by molar-refractivity contribution is -0.141. The van der Waals surface area contributed by atoms with Crippen molar-refractivity contribution < 1.29 is 14.3 Å². The molecule has 2 saturated heterocycles. The van der Waals surface area contributed by atoms with Crippen molar-refractivity contribution in [2.24, 2.45) is 5.92 Å². The Hall–Kier alpha value is -2.47. The third-order valence-corrected chi connectivity index (χ3v) is 7.26. The number of ether oxygens (including phenoxy) is 2. The Morgan fingerprint density at radius 1 is 1.03 bits per heavy atom. The van der Waals surface area contributed by atoms with E-state index in [0.29, 0.717) is 57.4 Å². The van der Waals surface area contributed by atoms with Crippen LogP contribution in [-0.4, -0.2) is 55.3 Å². The number of rotatable bonds is 4. The summed E-state index contributed by atoms with van der Waals surface area (Å²) in [4.78, 5) is 20.3. The van der Waals surface area contributed by atoms with Crippen molar-refractivity contribution in [3.05, 3.63) is 77.1 Å². The highest BCUT2D eigenvalue weighted by Gasteiger charge is 2.44. The Kier molecular flexibility index (Phi) is 6.63. The number of pyridine rings is 1. The quantitative estimate of drug-likeness (QED) is 0.563. The highest BCUT2D eigenvalue weighted by molar-refractivity contribution is 6.30. The van der Waals surface area contributed by atoms with Gasteiger partial charge in [0.05, 0.1) is 18.6 Å². The number of benzene rings is 2. The van der Waals surface area contributed by atoms with E-state index < -0.39 is 5.41 Å². The largest absolute Gasteiger partial charge is 0.381 e. The standard InChI is InChI=1S/C27H29ClN2O3/c28-25-5-3-24(4-6-25)27(8-12-32-13-9-27)26(31)30-11-14-33-19-21(18-30)15-20-1-2-23-17-29-10-7-22(23)16-20/h1-7,10,16-17,21H,8-9,11-15,18-19H2. The molecule has 172 valence electrons. The lowest BCUT2D eigenvalue weighted by Crippen LogP contribution is -2.51. The van der Waals surface area contributed by atoms with E-state index in [-0.39, 0.29) is 11.8 Å². The normalized spacial score (nSPS) is 21.0. The van der Waals surface area contributed by atoms with Crippen molar-refractivity contribution in [1.82, 2.24) is 9.88 Å². The Balaban J connectivity index is 1.37. The van der Waals surface area contributed by atoms with Gasteiger partial charge in [-0.2, -0.15) is 0 Å². The molecule has 2 fully saturated rings. The number of nitrogens with zero attached hydrogens (tertiary/aromatic N) is 2. The Morgan fingerprint density at radius 2 is 1.85 bits per heavy atom. The van der Waals surface area contributed by atoms with Crippen molar-refractivity contribution in [2.45, 2.75) is 24.7 Å². The fraction of sp³-hybridized carbons (Fsp3) is 0.407. The lowest BCUT2D eigenvalue weighted by atomic mass is 9.73. The molecule has 1 unspecified atom stereocenters. The predicted molar refractivity (Wildman–Crippen MR) is 130 cm³/mol. The first-order chi connectivity index (χ1) is 16.1. The number of carbonyl (C=O) groups is 1. The second kappa shape index (κ2) is 9.80. The summed E-state index contributed by atoms with van der Waals surface area (Å²) in [5.74, 6) is 0.436. The Bertz CT molecular complexity index is 1110. The molecule has 2 aliphatic rings. The number of hydrogen-bond donors (Lipinski definition) is 0. The van der Waals surface area contributed by atoms with Crippen LogP contribution in [0.1, 0.15) is 24.0 Å². The van der Waals surface area contributed by atoms with Crippen LogP contribution in [0.3, 0.4) is 0 Å². The highest BCUT2D eigenvalue weighted by atomic mass is 35.5. The van der Waals surface area contributed by atoms with Gasteiger partial charge in [-0.05, 0) is 54.0 Å². The van der Waals surface area contributed by atoms with Gasteiger partial charge in [0.25, 0.3) is 0 Å². The molecule has 1 amide bonds. The first-order valence-corrected chi connectivity index (χ1v) is 12.1. The van der Waals surface area contributed by atoms with Gasteiger partial charge < -0.3 is 14.4 Å². The molecule has 0 aliphatic carbocycles. The van der Waals surface area contributed by atoms with Gasteiger partial charge in [-0.1, -0.05) is 41.9 Å². The fourth-order valence-electron chi connectivity index (χ4n) is 5.20. The third kappa shape index (κ3) is 4.77. The van der Waals surface area contributed by atoms with Crippen LogP contribution in [-0.2, 0) is 26.1 Å². The van der Waals surface area contributed by atoms with E-state index >= 15 is 0 Å². The second-order valence-corrected chi connectivity index (χ2v) is 9.59. The topological polar surface area (TPSA) is 51.7 Å². The molecule has 3 aromatic rings. The molecule has 0 radical (unpaired) electrons. The van der Waals surface area contributed by atoms with Gasteiger partial charge in [0.15, 0.2) is 0 Å². The zero-order chi connectivity index (χ0) is 22.7. The fourth-order valence-corrected chi connectivity index (χ4v) is 5.32. The molecule has 1 atom stereocenters. The molecule has 33 heavy (non-hydrogen) atoms. The smallest absolute Gasteiger partial charge is 0.233 e. The Labute approximate surface area is 199 Å². The molecule has 2 aliphatic heterocycles. The van der Waals surface area contributed by atoms with Crippen LogP contribution in [0.4, 0.5) is 0 Å². The molecule has 1 aromatic heterocycles. The van der Waals surface area contributed by atoms with E-state index in [1.54, 1.807) is 0 Å². The van der Waals surface area contributed by atoms with Gasteiger partial charge in [0, 0.05) is 55.0 Å². The van der Waals surface area contributed by atoms with Crippen LogP contribution >= 0.6 is 11.6 Å². The van der Waals surface area contributed by atoms with Crippen LogP contribution in [0, 0.1) is 5.92 Å². The number of fused-ring (bicyclic) bond motifs is 1. The van der Waals surface area contributed by atoms with E-state index in [4.69, 9.17) is 21.1 Å². The van der Waals surface area contributed by atoms with Crippen LogP contribution in [0.15, 0.2) is 60.9 Å². The summed E-state index contributed by atoms with van der Waals surface area (Å²) in [6, 6.07) is 16.3. The molecule has 5 rings (SSSR count). The number of amides is 1. The summed E-state index contributed by atoms with van der Waals surface area (Å²) >= 11 is 6.14. The first-order valence-electron chi connectivity index (χ1n) is 11.7. The van der Waals surface area contributed by atoms with Crippen molar-refractivity contribution in [3.63, 3.8) is 0 Å². The van der Waals surface area contributed by atoms with E-state index in [1.807, 2.05) is 47.6 Å². The minimum Gasteiger partial charge on any atom is -0.381 e. The molecule has 0 saturated carbocycles. The maximum Gasteiger partial charge on any atom is 0.233 e. The number of carbonyl (C=O) groups excluding carboxylic acids is 1. The minimum absolute atomic E-state index is 0.188. The number of hydrogen-bond acceptors (Lipinski definition) is 4. The SMILES string of the molecule is O=C(N1CCOCC(Cc2ccc3cnccc3c2)C1)C1(c2ccc(Cl)cc2)CCOCC1.